The Morgan fingerprint density at radius 1 is 1.38 bits per heavy atom. The lowest BCUT2D eigenvalue weighted by molar-refractivity contribution is -0.386. The number of nitro benzene ring substituents is 1. The lowest BCUT2D eigenvalue weighted by Crippen LogP contribution is -2.27. The first-order valence-electron chi connectivity index (χ1n) is 4.98. The summed E-state index contributed by atoms with van der Waals surface area (Å²) in [6.07, 6.45) is 2.77. The van der Waals surface area contributed by atoms with E-state index in [2.05, 4.69) is 5.32 Å². The molecule has 0 amide bonds. The Kier molecular flexibility index (Phi) is 2.72. The average molecular weight is 228 g/mol. The van der Waals surface area contributed by atoms with E-state index in [1.54, 1.807) is 0 Å². The summed E-state index contributed by atoms with van der Waals surface area (Å²) in [7, 11) is 0. The van der Waals surface area contributed by atoms with Gasteiger partial charge in [-0.3, -0.25) is 10.1 Å². The van der Waals surface area contributed by atoms with Gasteiger partial charge in [0.25, 0.3) is 0 Å². The van der Waals surface area contributed by atoms with Crippen LogP contribution in [0.5, 0.6) is 0 Å². The van der Waals surface area contributed by atoms with Gasteiger partial charge in [-0.2, -0.15) is 4.39 Å². The maximum Gasteiger partial charge on any atom is 0.327 e. The molecule has 0 spiro atoms. The van der Waals surface area contributed by atoms with Crippen LogP contribution in [0.25, 0.3) is 0 Å². The second kappa shape index (κ2) is 4.03. The first-order valence-corrected chi connectivity index (χ1v) is 4.98. The number of benzene rings is 1. The molecule has 2 rings (SSSR count). The molecule has 0 unspecified atom stereocenters. The first-order chi connectivity index (χ1) is 7.58. The molecule has 86 valence electrons. The van der Waals surface area contributed by atoms with E-state index in [1.807, 2.05) is 0 Å². The van der Waals surface area contributed by atoms with Crippen LogP contribution in [-0.4, -0.2) is 11.0 Å². The molecule has 1 fully saturated rings. The number of nitro groups is 1. The van der Waals surface area contributed by atoms with Crippen LogP contribution in [0.3, 0.4) is 0 Å². The van der Waals surface area contributed by atoms with Crippen molar-refractivity contribution in [2.45, 2.75) is 25.3 Å². The van der Waals surface area contributed by atoms with Crippen molar-refractivity contribution in [1.29, 1.82) is 0 Å². The Bertz CT molecular complexity index is 433. The lowest BCUT2D eigenvalue weighted by Gasteiger charge is -2.27. The van der Waals surface area contributed by atoms with Crippen LogP contribution in [-0.2, 0) is 0 Å². The van der Waals surface area contributed by atoms with Crippen molar-refractivity contribution in [3.05, 3.63) is 33.9 Å². The Hall–Kier alpha value is -1.72. The summed E-state index contributed by atoms with van der Waals surface area (Å²) < 4.78 is 26.2. The Labute approximate surface area is 90.4 Å². The number of hydrogen-bond acceptors (Lipinski definition) is 3. The van der Waals surface area contributed by atoms with Gasteiger partial charge in [-0.25, -0.2) is 4.39 Å². The second-order valence-electron chi connectivity index (χ2n) is 3.81. The van der Waals surface area contributed by atoms with Crippen molar-refractivity contribution < 1.29 is 13.7 Å². The van der Waals surface area contributed by atoms with Crippen LogP contribution in [0.15, 0.2) is 12.1 Å². The lowest BCUT2D eigenvalue weighted by atomic mass is 9.93. The van der Waals surface area contributed by atoms with E-state index in [0.717, 1.165) is 25.3 Å². The third kappa shape index (κ3) is 1.95. The van der Waals surface area contributed by atoms with Crippen LogP contribution < -0.4 is 5.32 Å². The smallest absolute Gasteiger partial charge is 0.327 e. The molecular weight excluding hydrogens is 218 g/mol. The number of anilines is 1. The Morgan fingerprint density at radius 3 is 2.56 bits per heavy atom. The van der Waals surface area contributed by atoms with Gasteiger partial charge in [0.05, 0.1) is 4.92 Å². The molecule has 1 aromatic rings. The number of halogens is 2. The molecule has 6 heteroatoms. The fraction of sp³-hybridized carbons (Fsp3) is 0.400. The first kappa shape index (κ1) is 10.8. The molecule has 4 nitrogen and oxygen atoms in total. The van der Waals surface area contributed by atoms with Crippen molar-refractivity contribution in [3.8, 4) is 0 Å². The van der Waals surface area contributed by atoms with Gasteiger partial charge in [0.2, 0.25) is 5.82 Å². The quantitative estimate of drug-likeness (QED) is 0.639. The zero-order chi connectivity index (χ0) is 11.7. The molecule has 1 saturated carbocycles. The van der Waals surface area contributed by atoms with E-state index in [-0.39, 0.29) is 11.7 Å². The molecule has 0 aliphatic heterocycles. The highest BCUT2D eigenvalue weighted by Gasteiger charge is 2.25. The summed E-state index contributed by atoms with van der Waals surface area (Å²) >= 11 is 0. The largest absolute Gasteiger partial charge is 0.377 e. The maximum atomic E-state index is 13.2. The van der Waals surface area contributed by atoms with Gasteiger partial charge in [0.1, 0.15) is 11.5 Å². The van der Waals surface area contributed by atoms with Crippen molar-refractivity contribution in [2.24, 2.45) is 0 Å². The van der Waals surface area contributed by atoms with Crippen LogP contribution in [0.1, 0.15) is 19.3 Å². The third-order valence-corrected chi connectivity index (χ3v) is 2.68. The van der Waals surface area contributed by atoms with E-state index < -0.39 is 22.2 Å². The highest BCUT2D eigenvalue weighted by Crippen LogP contribution is 2.32. The van der Waals surface area contributed by atoms with Crippen LogP contribution in [0, 0.1) is 21.7 Å². The molecule has 1 aliphatic rings. The topological polar surface area (TPSA) is 55.2 Å². The Morgan fingerprint density at radius 2 is 2.06 bits per heavy atom. The second-order valence-corrected chi connectivity index (χ2v) is 3.81. The predicted octanol–water partition coefficient (Wildman–Crippen LogP) is 2.84. The standard InChI is InChI=1S/C10H10F2N2O2/c11-6-4-8(12)10(14(15)16)9(5-6)13-7-2-1-3-7/h4-5,7,13H,1-3H2. The van der Waals surface area contributed by atoms with Crippen molar-refractivity contribution in [3.63, 3.8) is 0 Å². The van der Waals surface area contributed by atoms with E-state index in [9.17, 15) is 18.9 Å². The molecular formula is C10H10F2N2O2. The molecule has 0 heterocycles. The fourth-order valence-electron chi connectivity index (χ4n) is 1.63. The van der Waals surface area contributed by atoms with Gasteiger partial charge in [0.15, 0.2) is 0 Å². The minimum atomic E-state index is -1.15. The Balaban J connectivity index is 2.35. The molecule has 1 aliphatic carbocycles. The number of nitrogens with one attached hydrogen (secondary N) is 1. The molecule has 0 saturated heterocycles. The molecule has 0 radical (unpaired) electrons. The zero-order valence-corrected chi connectivity index (χ0v) is 8.37. The van der Waals surface area contributed by atoms with E-state index in [4.69, 9.17) is 0 Å². The van der Waals surface area contributed by atoms with Gasteiger partial charge < -0.3 is 5.32 Å². The molecule has 16 heavy (non-hydrogen) atoms. The molecule has 0 aromatic heterocycles. The van der Waals surface area contributed by atoms with Gasteiger partial charge in [-0.1, -0.05) is 0 Å². The summed E-state index contributed by atoms with van der Waals surface area (Å²) in [5, 5.41) is 13.4. The molecule has 0 bridgehead atoms. The zero-order valence-electron chi connectivity index (χ0n) is 8.37. The van der Waals surface area contributed by atoms with E-state index >= 15 is 0 Å². The van der Waals surface area contributed by atoms with Crippen LogP contribution >= 0.6 is 0 Å². The minimum absolute atomic E-state index is 0.0767. The average Bonchev–Trinajstić information content (AvgIpc) is 2.09. The normalized spacial score (nSPS) is 15.6. The van der Waals surface area contributed by atoms with E-state index in [0.29, 0.717) is 6.07 Å². The number of hydrogen-bond donors (Lipinski definition) is 1. The van der Waals surface area contributed by atoms with Crippen LogP contribution in [0.2, 0.25) is 0 Å². The molecule has 1 N–H and O–H groups in total. The summed E-state index contributed by atoms with van der Waals surface area (Å²) in [4.78, 5) is 9.81. The van der Waals surface area contributed by atoms with E-state index in [1.165, 1.54) is 0 Å². The van der Waals surface area contributed by atoms with Crippen LogP contribution in [0.4, 0.5) is 20.2 Å². The summed E-state index contributed by atoms with van der Waals surface area (Å²) in [6.45, 7) is 0. The third-order valence-electron chi connectivity index (χ3n) is 2.68. The SMILES string of the molecule is O=[N+]([O-])c1c(F)cc(F)cc1NC1CCC1. The summed E-state index contributed by atoms with van der Waals surface area (Å²) in [5.41, 5.74) is -0.763. The molecule has 0 atom stereocenters. The van der Waals surface area contributed by atoms with Gasteiger partial charge in [0, 0.05) is 18.2 Å². The highest BCUT2D eigenvalue weighted by atomic mass is 19.1. The van der Waals surface area contributed by atoms with Crippen molar-refractivity contribution in [2.75, 3.05) is 5.32 Å². The minimum Gasteiger partial charge on any atom is -0.377 e. The number of rotatable bonds is 3. The van der Waals surface area contributed by atoms with Gasteiger partial charge >= 0.3 is 5.69 Å². The maximum absolute atomic E-state index is 13.2. The van der Waals surface area contributed by atoms with Gasteiger partial charge in [-0.15, -0.1) is 0 Å². The van der Waals surface area contributed by atoms with Crippen molar-refractivity contribution in [1.82, 2.24) is 0 Å². The number of nitrogens with zero attached hydrogens (tertiary/aromatic N) is 1. The summed E-state index contributed by atoms with van der Waals surface area (Å²) in [6, 6.07) is 1.56. The highest BCUT2D eigenvalue weighted by molar-refractivity contribution is 5.62. The monoisotopic (exact) mass is 228 g/mol. The fourth-order valence-corrected chi connectivity index (χ4v) is 1.63. The predicted molar refractivity (Wildman–Crippen MR) is 54.3 cm³/mol. The molecule has 1 aromatic carbocycles. The van der Waals surface area contributed by atoms with Crippen molar-refractivity contribution >= 4 is 11.4 Å². The van der Waals surface area contributed by atoms with Gasteiger partial charge in [-0.05, 0) is 19.3 Å². The summed E-state index contributed by atoms with van der Waals surface area (Å²) in [5.74, 6) is -1.96.